The molecule has 0 aromatic carbocycles. The number of carbonyl (C=O) groups excluding carboxylic acids is 2. The molecular weight excluding hydrogens is 338 g/mol. The zero-order valence-corrected chi connectivity index (χ0v) is 11.7. The van der Waals surface area contributed by atoms with Crippen LogP contribution < -0.4 is 0 Å². The first-order valence-corrected chi connectivity index (χ1v) is 7.06. The summed E-state index contributed by atoms with van der Waals surface area (Å²) in [6.07, 6.45) is -1.05. The molecule has 21 heavy (non-hydrogen) atoms. The smallest absolute Gasteiger partial charge is 0.415 e. The number of halogens is 3. The van der Waals surface area contributed by atoms with E-state index < -0.39 is 46.3 Å². The zero-order chi connectivity index (χ0) is 15.4. The molecule has 5 unspecified atom stereocenters. The minimum Gasteiger partial charge on any atom is -0.457 e. The van der Waals surface area contributed by atoms with E-state index in [-0.39, 0.29) is 18.3 Å². The number of fused-ring (bicyclic) bond motifs is 1. The Kier molecular flexibility index (Phi) is 3.56. The summed E-state index contributed by atoms with van der Waals surface area (Å²) in [5.74, 6) is -3.11. The maximum atomic E-state index is 13.3. The summed E-state index contributed by atoms with van der Waals surface area (Å²) in [5.41, 5.74) is 0. The highest BCUT2D eigenvalue weighted by molar-refractivity contribution is 7.96. The number of alkyl halides is 3. The third-order valence-corrected chi connectivity index (χ3v) is 5.21. The Morgan fingerprint density at radius 2 is 2.29 bits per heavy atom. The lowest BCUT2D eigenvalue weighted by Gasteiger charge is -2.28. The molecular formula is C10H9ClF2O7S. The van der Waals surface area contributed by atoms with Crippen LogP contribution in [0.5, 0.6) is 0 Å². The average molecular weight is 347 g/mol. The molecule has 1 aliphatic heterocycles. The third kappa shape index (κ3) is 2.20. The highest BCUT2D eigenvalue weighted by atomic mass is 35.5. The van der Waals surface area contributed by atoms with E-state index in [1.165, 1.54) is 0 Å². The van der Waals surface area contributed by atoms with Gasteiger partial charge in [0.25, 0.3) is 0 Å². The number of rotatable bonds is 5. The van der Waals surface area contributed by atoms with Crippen molar-refractivity contribution in [2.75, 3.05) is 0 Å². The quantitative estimate of drug-likeness (QED) is 0.263. The Labute approximate surface area is 125 Å². The van der Waals surface area contributed by atoms with Crippen molar-refractivity contribution in [1.29, 1.82) is 0 Å². The number of ether oxygens (including phenoxy) is 2. The molecule has 1 heterocycles. The van der Waals surface area contributed by atoms with Crippen LogP contribution in [0.15, 0.2) is 0 Å². The number of esters is 2. The number of hydrogen-bond donors (Lipinski definition) is 1. The van der Waals surface area contributed by atoms with Crippen LogP contribution in [0.1, 0.15) is 12.8 Å². The Bertz CT molecular complexity index is 492. The molecule has 7 nitrogen and oxygen atoms in total. The molecule has 1 N–H and O–H groups in total. The van der Waals surface area contributed by atoms with E-state index in [0.717, 1.165) is 0 Å². The molecule has 11 heteroatoms. The molecule has 0 aromatic heterocycles. The summed E-state index contributed by atoms with van der Waals surface area (Å²) in [5, 5.41) is 6.76. The summed E-state index contributed by atoms with van der Waals surface area (Å²) in [4.78, 5) is 22.0. The lowest BCUT2D eigenvalue weighted by molar-refractivity contribution is -0.433. The minimum atomic E-state index is -4.08. The summed E-state index contributed by atoms with van der Waals surface area (Å²) in [6.45, 7) is 0. The van der Waals surface area contributed by atoms with Crippen LogP contribution in [0.25, 0.3) is 0 Å². The molecule has 2 saturated carbocycles. The van der Waals surface area contributed by atoms with Gasteiger partial charge in [0.2, 0.25) is 0 Å². The minimum absolute atomic E-state index is 0.224. The SMILES string of the molecule is O=C(OC1C2CC3C1OC(=O)C3(Cl)C2)C(F)(F)SOOO. The predicted octanol–water partition coefficient (Wildman–Crippen LogP) is 1.50. The Hall–Kier alpha value is -0.680. The van der Waals surface area contributed by atoms with E-state index in [1.54, 1.807) is 0 Å². The topological polar surface area (TPSA) is 91.3 Å². The van der Waals surface area contributed by atoms with Crippen LogP contribution in [0.2, 0.25) is 0 Å². The molecule has 0 spiro atoms. The lowest BCUT2D eigenvalue weighted by Crippen LogP contribution is -2.43. The monoisotopic (exact) mass is 346 g/mol. The molecule has 0 aromatic rings. The molecule has 3 fully saturated rings. The van der Waals surface area contributed by atoms with Gasteiger partial charge in [-0.05, 0) is 12.8 Å². The summed E-state index contributed by atoms with van der Waals surface area (Å²) in [6, 6.07) is 0. The fourth-order valence-corrected chi connectivity index (χ4v) is 4.01. The third-order valence-electron chi connectivity index (χ3n) is 4.12. The van der Waals surface area contributed by atoms with Crippen molar-refractivity contribution in [3.05, 3.63) is 0 Å². The van der Waals surface area contributed by atoms with Gasteiger partial charge in [-0.25, -0.2) is 10.1 Å². The Morgan fingerprint density at radius 1 is 1.57 bits per heavy atom. The summed E-state index contributed by atoms with van der Waals surface area (Å²) < 4.78 is 40.0. The van der Waals surface area contributed by atoms with E-state index in [9.17, 15) is 18.4 Å². The van der Waals surface area contributed by atoms with Gasteiger partial charge in [-0.1, -0.05) is 5.04 Å². The van der Waals surface area contributed by atoms with Gasteiger partial charge in [-0.15, -0.1) is 15.9 Å². The molecule has 1 saturated heterocycles. The van der Waals surface area contributed by atoms with Crippen LogP contribution in [0, 0.1) is 11.8 Å². The maximum Gasteiger partial charge on any atom is 0.415 e. The summed E-state index contributed by atoms with van der Waals surface area (Å²) in [7, 11) is 0. The fraction of sp³-hybridized carbons (Fsp3) is 0.800. The van der Waals surface area contributed by atoms with Gasteiger partial charge in [-0.2, -0.15) is 8.78 Å². The number of carbonyl (C=O) groups is 2. The Balaban J connectivity index is 1.68. The maximum absolute atomic E-state index is 13.3. The van der Waals surface area contributed by atoms with Crippen molar-refractivity contribution in [3.8, 4) is 0 Å². The standard InChI is InChI=1S/C10H9ClF2O7S/c11-9-2-3-1-4(9)6(18-7(9)14)5(3)17-8(15)10(12,13)21-20-19-16/h3-6,16H,1-2H2. The van der Waals surface area contributed by atoms with Gasteiger partial charge in [0.05, 0.1) is 0 Å². The highest BCUT2D eigenvalue weighted by Crippen LogP contribution is 2.60. The first kappa shape index (κ1) is 15.2. The molecule has 2 aliphatic carbocycles. The first-order valence-electron chi connectivity index (χ1n) is 5.94. The lowest BCUT2D eigenvalue weighted by atomic mass is 9.87. The summed E-state index contributed by atoms with van der Waals surface area (Å²) >= 11 is 5.47. The second kappa shape index (κ2) is 4.92. The highest BCUT2D eigenvalue weighted by Gasteiger charge is 2.71. The molecule has 3 rings (SSSR count). The van der Waals surface area contributed by atoms with Gasteiger partial charge in [0.1, 0.15) is 29.1 Å². The molecule has 0 radical (unpaired) electrons. The Morgan fingerprint density at radius 3 is 2.95 bits per heavy atom. The van der Waals surface area contributed by atoms with Crippen molar-refractivity contribution >= 4 is 35.6 Å². The van der Waals surface area contributed by atoms with Gasteiger partial charge in [0.15, 0.2) is 0 Å². The van der Waals surface area contributed by atoms with Crippen molar-refractivity contribution in [2.24, 2.45) is 11.8 Å². The average Bonchev–Trinajstić information content (AvgIpc) is 2.97. The van der Waals surface area contributed by atoms with Gasteiger partial charge in [0, 0.05) is 11.8 Å². The largest absolute Gasteiger partial charge is 0.457 e. The van der Waals surface area contributed by atoms with Crippen molar-refractivity contribution < 1.29 is 42.5 Å². The van der Waals surface area contributed by atoms with Gasteiger partial charge >= 0.3 is 17.2 Å². The molecule has 3 aliphatic rings. The van der Waals surface area contributed by atoms with Gasteiger partial charge in [-0.3, -0.25) is 4.79 Å². The van der Waals surface area contributed by atoms with Crippen LogP contribution >= 0.6 is 23.6 Å². The van der Waals surface area contributed by atoms with Crippen molar-refractivity contribution in [2.45, 2.75) is 35.2 Å². The van der Waals surface area contributed by atoms with E-state index in [2.05, 4.69) is 9.37 Å². The van der Waals surface area contributed by atoms with Crippen LogP contribution in [-0.4, -0.2) is 39.5 Å². The molecule has 5 atom stereocenters. The van der Waals surface area contributed by atoms with Crippen molar-refractivity contribution in [1.82, 2.24) is 0 Å². The van der Waals surface area contributed by atoms with Crippen molar-refractivity contribution in [3.63, 3.8) is 0 Å². The second-order valence-electron chi connectivity index (χ2n) is 5.15. The predicted molar refractivity (Wildman–Crippen MR) is 61.9 cm³/mol. The normalized spacial score (nSPS) is 40.5. The van der Waals surface area contributed by atoms with E-state index in [0.29, 0.717) is 6.42 Å². The fourth-order valence-electron chi connectivity index (χ4n) is 3.32. The van der Waals surface area contributed by atoms with Gasteiger partial charge < -0.3 is 9.47 Å². The van der Waals surface area contributed by atoms with E-state index in [4.69, 9.17) is 26.3 Å². The van der Waals surface area contributed by atoms with Crippen LogP contribution in [-0.2, 0) is 28.4 Å². The molecule has 0 amide bonds. The molecule has 118 valence electrons. The van der Waals surface area contributed by atoms with Crippen LogP contribution in [0.3, 0.4) is 0 Å². The molecule has 2 bridgehead atoms. The zero-order valence-electron chi connectivity index (χ0n) is 10.2. The second-order valence-corrected chi connectivity index (χ2v) is 6.64. The van der Waals surface area contributed by atoms with Crippen LogP contribution in [0.4, 0.5) is 8.78 Å². The van der Waals surface area contributed by atoms with E-state index >= 15 is 0 Å². The number of hydrogen-bond acceptors (Lipinski definition) is 8. The first-order chi connectivity index (χ1) is 9.79. The van der Waals surface area contributed by atoms with E-state index in [1.807, 2.05) is 0 Å².